The Morgan fingerprint density at radius 3 is 2.08 bits per heavy atom. The lowest BCUT2D eigenvalue weighted by molar-refractivity contribution is 0.169. The van der Waals surface area contributed by atoms with Crippen molar-refractivity contribution in [1.29, 1.82) is 0 Å². The number of allylic oxidation sites excluding steroid dienone is 1. The van der Waals surface area contributed by atoms with Crippen LogP contribution in [0, 0.1) is 0 Å². The molecule has 2 aromatic rings. The molecule has 0 amide bonds. The first-order valence-electron chi connectivity index (χ1n) is 8.97. The second-order valence-corrected chi connectivity index (χ2v) is 7.72. The molecule has 0 heterocycles. The Morgan fingerprint density at radius 2 is 1.54 bits per heavy atom. The van der Waals surface area contributed by atoms with Crippen LogP contribution in [0.25, 0.3) is 5.57 Å². The molecule has 0 aliphatic heterocycles. The fourth-order valence-corrected chi connectivity index (χ4v) is 4.34. The van der Waals surface area contributed by atoms with E-state index in [9.17, 15) is 9.67 Å². The molecule has 1 atom stereocenters. The van der Waals surface area contributed by atoms with Gasteiger partial charge in [0.2, 0.25) is 0 Å². The van der Waals surface area contributed by atoms with Gasteiger partial charge in [-0.3, -0.25) is 4.57 Å². The lowest BCUT2D eigenvalue weighted by Gasteiger charge is -2.17. The highest BCUT2D eigenvalue weighted by molar-refractivity contribution is 7.57. The Kier molecular flexibility index (Phi) is 8.27. The molecule has 0 saturated carbocycles. The summed E-state index contributed by atoms with van der Waals surface area (Å²) in [5.41, 5.74) is 2.68. The van der Waals surface area contributed by atoms with Crippen molar-refractivity contribution in [2.75, 3.05) is 13.2 Å². The van der Waals surface area contributed by atoms with Gasteiger partial charge >= 0.3 is 7.60 Å². The summed E-state index contributed by atoms with van der Waals surface area (Å²) in [7, 11) is -3.32. The summed E-state index contributed by atoms with van der Waals surface area (Å²) in [6.07, 6.45) is 0.495. The summed E-state index contributed by atoms with van der Waals surface area (Å²) < 4.78 is 23.7. The van der Waals surface area contributed by atoms with Crippen LogP contribution < -0.4 is 0 Å². The van der Waals surface area contributed by atoms with E-state index in [4.69, 9.17) is 9.05 Å². The van der Waals surface area contributed by atoms with Gasteiger partial charge in [-0.25, -0.2) is 0 Å². The summed E-state index contributed by atoms with van der Waals surface area (Å²) in [4.78, 5) is 0. The average molecular weight is 374 g/mol. The SMILES string of the molecule is CCOP(=O)(/C=C(/CCC(O)c1ccccc1)c1ccccc1)OCC. The maximum atomic E-state index is 12.9. The first kappa shape index (κ1) is 20.6. The van der Waals surface area contributed by atoms with E-state index in [1.807, 2.05) is 60.7 Å². The van der Waals surface area contributed by atoms with Gasteiger partial charge in [-0.1, -0.05) is 60.7 Å². The molecular weight excluding hydrogens is 347 g/mol. The van der Waals surface area contributed by atoms with E-state index in [-0.39, 0.29) is 0 Å². The third-order valence-electron chi connectivity index (χ3n) is 3.95. The number of aliphatic hydroxyl groups excluding tert-OH is 1. The molecule has 0 saturated heterocycles. The molecule has 0 fully saturated rings. The van der Waals surface area contributed by atoms with Gasteiger partial charge in [0.25, 0.3) is 0 Å². The van der Waals surface area contributed by atoms with Crippen LogP contribution in [0.4, 0.5) is 0 Å². The molecule has 0 bridgehead atoms. The zero-order valence-corrected chi connectivity index (χ0v) is 16.3. The van der Waals surface area contributed by atoms with E-state index in [0.717, 1.165) is 16.7 Å². The predicted octanol–water partition coefficient (Wildman–Crippen LogP) is 5.81. The smallest absolute Gasteiger partial charge is 0.354 e. The third kappa shape index (κ3) is 6.22. The molecule has 0 aliphatic rings. The summed E-state index contributed by atoms with van der Waals surface area (Å²) in [6.45, 7) is 4.20. The van der Waals surface area contributed by atoms with Crippen molar-refractivity contribution in [3.63, 3.8) is 0 Å². The standard InChI is InChI=1S/C21H27O4P/c1-3-24-26(23,25-4-2)17-20(18-11-7-5-8-12-18)15-16-21(22)19-13-9-6-10-14-19/h5-14,17,21-22H,3-4,15-16H2,1-2H3/b20-17-. The third-order valence-corrected chi connectivity index (χ3v) is 5.81. The fraction of sp³-hybridized carbons (Fsp3) is 0.333. The first-order chi connectivity index (χ1) is 12.6. The maximum absolute atomic E-state index is 12.9. The molecule has 26 heavy (non-hydrogen) atoms. The minimum atomic E-state index is -3.32. The molecular formula is C21H27O4P. The Labute approximate surface area is 156 Å². The van der Waals surface area contributed by atoms with Gasteiger partial charge in [0, 0.05) is 5.82 Å². The van der Waals surface area contributed by atoms with E-state index in [1.165, 1.54) is 0 Å². The first-order valence-corrected chi connectivity index (χ1v) is 10.6. The largest absolute Gasteiger partial charge is 0.388 e. The Bertz CT molecular complexity index is 718. The quantitative estimate of drug-likeness (QED) is 0.533. The second kappa shape index (κ2) is 10.4. The lowest BCUT2D eigenvalue weighted by Crippen LogP contribution is -1.99. The van der Waals surface area contributed by atoms with Crippen LogP contribution in [0.15, 0.2) is 66.5 Å². The van der Waals surface area contributed by atoms with E-state index in [1.54, 1.807) is 19.7 Å². The van der Waals surface area contributed by atoms with Crippen molar-refractivity contribution in [3.05, 3.63) is 77.6 Å². The van der Waals surface area contributed by atoms with Crippen LogP contribution in [0.3, 0.4) is 0 Å². The number of aliphatic hydroxyl groups is 1. The maximum Gasteiger partial charge on any atom is 0.354 e. The van der Waals surface area contributed by atoms with Crippen LogP contribution in [-0.4, -0.2) is 18.3 Å². The average Bonchev–Trinajstić information content (AvgIpc) is 2.66. The molecule has 0 spiro atoms. The highest BCUT2D eigenvalue weighted by Gasteiger charge is 2.22. The van der Waals surface area contributed by atoms with Crippen LogP contribution in [0.5, 0.6) is 0 Å². The molecule has 0 radical (unpaired) electrons. The number of hydrogen-bond acceptors (Lipinski definition) is 4. The summed E-state index contributed by atoms with van der Waals surface area (Å²) in [5, 5.41) is 10.5. The minimum Gasteiger partial charge on any atom is -0.388 e. The Balaban J connectivity index is 2.24. The minimum absolute atomic E-state index is 0.308. The van der Waals surface area contributed by atoms with Crippen molar-refractivity contribution < 1.29 is 18.7 Å². The van der Waals surface area contributed by atoms with Crippen LogP contribution >= 0.6 is 7.60 Å². The van der Waals surface area contributed by atoms with Gasteiger partial charge in [-0.05, 0) is 43.4 Å². The normalized spacial score (nSPS) is 13.6. The molecule has 140 valence electrons. The van der Waals surface area contributed by atoms with E-state index in [2.05, 4.69) is 0 Å². The number of hydrogen-bond donors (Lipinski definition) is 1. The lowest BCUT2D eigenvalue weighted by atomic mass is 9.98. The Hall–Kier alpha value is -1.71. The van der Waals surface area contributed by atoms with Crippen LogP contribution in [0.2, 0.25) is 0 Å². The molecule has 0 aliphatic carbocycles. The summed E-state index contributed by atoms with van der Waals surface area (Å²) in [5.74, 6) is 1.60. The zero-order chi connectivity index (χ0) is 18.8. The van der Waals surface area contributed by atoms with Gasteiger partial charge < -0.3 is 14.2 Å². The molecule has 0 aromatic heterocycles. The molecule has 1 N–H and O–H groups in total. The monoisotopic (exact) mass is 374 g/mol. The highest BCUT2D eigenvalue weighted by atomic mass is 31.2. The topological polar surface area (TPSA) is 55.8 Å². The van der Waals surface area contributed by atoms with Crippen molar-refractivity contribution in [1.82, 2.24) is 0 Å². The molecule has 2 rings (SSSR count). The molecule has 4 nitrogen and oxygen atoms in total. The van der Waals surface area contributed by atoms with Gasteiger partial charge in [-0.15, -0.1) is 0 Å². The van der Waals surface area contributed by atoms with Crippen LogP contribution in [-0.2, 0) is 13.6 Å². The van der Waals surface area contributed by atoms with Crippen molar-refractivity contribution in [2.45, 2.75) is 32.8 Å². The van der Waals surface area contributed by atoms with Gasteiger partial charge in [0.05, 0.1) is 19.3 Å². The Morgan fingerprint density at radius 1 is 1.00 bits per heavy atom. The highest BCUT2D eigenvalue weighted by Crippen LogP contribution is 2.52. The second-order valence-electron chi connectivity index (χ2n) is 5.86. The molecule has 5 heteroatoms. The molecule has 2 aromatic carbocycles. The van der Waals surface area contributed by atoms with Crippen molar-refractivity contribution in [3.8, 4) is 0 Å². The van der Waals surface area contributed by atoms with Gasteiger partial charge in [0.1, 0.15) is 0 Å². The summed E-state index contributed by atoms with van der Waals surface area (Å²) >= 11 is 0. The predicted molar refractivity (Wildman–Crippen MR) is 106 cm³/mol. The van der Waals surface area contributed by atoms with Crippen LogP contribution in [0.1, 0.15) is 43.9 Å². The van der Waals surface area contributed by atoms with Crippen molar-refractivity contribution >= 4 is 13.2 Å². The summed E-state index contributed by atoms with van der Waals surface area (Å²) in [6, 6.07) is 19.3. The van der Waals surface area contributed by atoms with E-state index in [0.29, 0.717) is 26.1 Å². The zero-order valence-electron chi connectivity index (χ0n) is 15.4. The molecule has 1 unspecified atom stereocenters. The van der Waals surface area contributed by atoms with Crippen molar-refractivity contribution in [2.24, 2.45) is 0 Å². The number of benzene rings is 2. The van der Waals surface area contributed by atoms with E-state index < -0.39 is 13.7 Å². The van der Waals surface area contributed by atoms with Gasteiger partial charge in [-0.2, -0.15) is 0 Å². The fourth-order valence-electron chi connectivity index (χ4n) is 2.73. The van der Waals surface area contributed by atoms with Gasteiger partial charge in [0.15, 0.2) is 0 Å². The number of rotatable bonds is 10. The van der Waals surface area contributed by atoms with E-state index >= 15 is 0 Å².